The highest BCUT2D eigenvalue weighted by Crippen LogP contribution is 2.33. The lowest BCUT2D eigenvalue weighted by atomic mass is 9.88. The summed E-state index contributed by atoms with van der Waals surface area (Å²) >= 11 is 0. The predicted octanol–water partition coefficient (Wildman–Crippen LogP) is 6.48. The molecular weight excluding hydrogens is 476 g/mol. The number of hydrogen-bond donors (Lipinski definition) is 2. The molecule has 1 fully saturated rings. The maximum absolute atomic E-state index is 13.4. The van der Waals surface area contributed by atoms with E-state index in [1.807, 2.05) is 60.7 Å². The van der Waals surface area contributed by atoms with Crippen molar-refractivity contribution in [2.45, 2.75) is 18.8 Å². The van der Waals surface area contributed by atoms with Crippen LogP contribution < -0.4 is 10.2 Å². The topological polar surface area (TPSA) is 78.9 Å². The van der Waals surface area contributed by atoms with Gasteiger partial charge in [-0.15, -0.1) is 0 Å². The third-order valence-electron chi connectivity index (χ3n) is 7.13. The van der Waals surface area contributed by atoms with Crippen LogP contribution in [0.2, 0.25) is 0 Å². The molecule has 4 aromatic rings. The van der Waals surface area contributed by atoms with Gasteiger partial charge in [0.2, 0.25) is 0 Å². The number of rotatable bonds is 6. The molecule has 0 bridgehead atoms. The number of piperidine rings is 1. The minimum Gasteiger partial charge on any atom is -0.507 e. The normalized spacial score (nSPS) is 13.7. The number of amides is 1. The molecule has 0 aromatic heterocycles. The van der Waals surface area contributed by atoms with Gasteiger partial charge in [0.25, 0.3) is 5.91 Å². The van der Waals surface area contributed by atoms with Crippen LogP contribution in [-0.2, 0) is 4.74 Å². The lowest BCUT2D eigenvalue weighted by molar-refractivity contribution is 0.0602. The fourth-order valence-electron chi connectivity index (χ4n) is 5.03. The molecule has 0 atom stereocenters. The third-order valence-corrected chi connectivity index (χ3v) is 7.13. The molecule has 0 spiro atoms. The van der Waals surface area contributed by atoms with E-state index in [0.29, 0.717) is 5.69 Å². The summed E-state index contributed by atoms with van der Waals surface area (Å²) in [5.41, 5.74) is 4.77. The van der Waals surface area contributed by atoms with E-state index in [-0.39, 0.29) is 22.8 Å². The van der Waals surface area contributed by atoms with Gasteiger partial charge in [0.15, 0.2) is 0 Å². The van der Waals surface area contributed by atoms with E-state index in [0.717, 1.165) is 42.6 Å². The second kappa shape index (κ2) is 11.2. The van der Waals surface area contributed by atoms with Crippen LogP contribution in [0.1, 0.15) is 45.0 Å². The van der Waals surface area contributed by atoms with Gasteiger partial charge in [0.1, 0.15) is 5.75 Å². The lowest BCUT2D eigenvalue weighted by Gasteiger charge is -2.34. The second-order valence-corrected chi connectivity index (χ2v) is 9.45. The zero-order valence-corrected chi connectivity index (χ0v) is 21.3. The van der Waals surface area contributed by atoms with E-state index in [1.54, 1.807) is 24.3 Å². The summed E-state index contributed by atoms with van der Waals surface area (Å²) in [6, 6.07) is 30.5. The Labute approximate surface area is 222 Å². The molecule has 1 amide bonds. The minimum absolute atomic E-state index is 0.105. The Morgan fingerprint density at radius 1 is 0.816 bits per heavy atom. The van der Waals surface area contributed by atoms with E-state index in [1.165, 1.54) is 12.8 Å². The highest BCUT2D eigenvalue weighted by atomic mass is 16.5. The van der Waals surface area contributed by atoms with Crippen molar-refractivity contribution < 1.29 is 19.4 Å². The number of carbonyl (C=O) groups is 2. The van der Waals surface area contributed by atoms with Gasteiger partial charge < -0.3 is 20.1 Å². The Bertz CT molecular complexity index is 1430. The number of aromatic hydroxyl groups is 1. The predicted molar refractivity (Wildman–Crippen MR) is 150 cm³/mol. The average molecular weight is 507 g/mol. The van der Waals surface area contributed by atoms with Gasteiger partial charge in [-0.1, -0.05) is 60.7 Å². The van der Waals surface area contributed by atoms with Crippen LogP contribution in [0.3, 0.4) is 0 Å². The summed E-state index contributed by atoms with van der Waals surface area (Å²) in [5, 5.41) is 13.4. The van der Waals surface area contributed by atoms with E-state index in [4.69, 9.17) is 4.74 Å². The molecular formula is C32H30N2O4. The van der Waals surface area contributed by atoms with Crippen LogP contribution in [0.5, 0.6) is 5.75 Å². The molecule has 0 aliphatic carbocycles. The quantitative estimate of drug-likeness (QED) is 0.293. The number of benzene rings is 4. The average Bonchev–Trinajstić information content (AvgIpc) is 2.98. The Balaban J connectivity index is 1.37. The lowest BCUT2D eigenvalue weighted by Crippen LogP contribution is -2.32. The smallest absolute Gasteiger partial charge is 0.339 e. The fraction of sp³-hybridized carbons (Fsp3) is 0.188. The van der Waals surface area contributed by atoms with Crippen LogP contribution in [-0.4, -0.2) is 37.2 Å². The Morgan fingerprint density at radius 2 is 1.50 bits per heavy atom. The van der Waals surface area contributed by atoms with E-state index >= 15 is 0 Å². The van der Waals surface area contributed by atoms with Crippen LogP contribution in [0.4, 0.5) is 11.4 Å². The standard InChI is InChI=1S/C32H30N2O4/c1-38-32(37)27-14-12-25(22-8-4-2-5-9-22)21-29(27)33-31(36)28-20-24(13-15-30(28)35)23-16-18-34(19-17-23)26-10-6-3-7-11-26/h2-15,20-21,23,35H,16-19H2,1H3,(H,33,36). The number of phenolic OH excluding ortho intramolecular Hbond substituents is 1. The van der Waals surface area contributed by atoms with Crippen molar-refractivity contribution in [3.63, 3.8) is 0 Å². The SMILES string of the molecule is COC(=O)c1ccc(-c2ccccc2)cc1NC(=O)c1cc(C2CCN(c3ccccc3)CC2)ccc1O. The number of para-hydroxylation sites is 1. The minimum atomic E-state index is -0.553. The third kappa shape index (κ3) is 5.39. The molecule has 6 heteroatoms. The highest BCUT2D eigenvalue weighted by Gasteiger charge is 2.23. The molecule has 38 heavy (non-hydrogen) atoms. The number of esters is 1. The van der Waals surface area contributed by atoms with Crippen molar-refractivity contribution in [2.75, 3.05) is 30.4 Å². The molecule has 0 unspecified atom stereocenters. The van der Waals surface area contributed by atoms with Gasteiger partial charge in [-0.25, -0.2) is 4.79 Å². The molecule has 2 N–H and O–H groups in total. The number of phenols is 1. The number of nitrogens with zero attached hydrogens (tertiary/aromatic N) is 1. The number of ether oxygens (including phenoxy) is 1. The molecule has 0 saturated carbocycles. The van der Waals surface area contributed by atoms with Crippen molar-refractivity contribution in [2.24, 2.45) is 0 Å². The van der Waals surface area contributed by atoms with Crippen molar-refractivity contribution in [3.05, 3.63) is 114 Å². The van der Waals surface area contributed by atoms with Crippen LogP contribution in [0.15, 0.2) is 97.1 Å². The van der Waals surface area contributed by atoms with Gasteiger partial charge in [-0.05, 0) is 71.8 Å². The summed E-state index contributed by atoms with van der Waals surface area (Å²) in [6.07, 6.45) is 1.90. The Hall–Kier alpha value is -4.58. The van der Waals surface area contributed by atoms with Crippen molar-refractivity contribution in [1.82, 2.24) is 0 Å². The summed E-state index contributed by atoms with van der Waals surface area (Å²) < 4.78 is 4.93. The fourth-order valence-corrected chi connectivity index (χ4v) is 5.03. The summed E-state index contributed by atoms with van der Waals surface area (Å²) in [5.74, 6) is -0.856. The summed E-state index contributed by atoms with van der Waals surface area (Å²) in [7, 11) is 1.30. The van der Waals surface area contributed by atoms with Crippen LogP contribution in [0.25, 0.3) is 11.1 Å². The number of anilines is 2. The molecule has 1 heterocycles. The molecule has 1 saturated heterocycles. The first-order valence-corrected chi connectivity index (χ1v) is 12.8. The van der Waals surface area contributed by atoms with Crippen molar-refractivity contribution in [1.29, 1.82) is 0 Å². The largest absolute Gasteiger partial charge is 0.507 e. The molecule has 1 aliphatic rings. The van der Waals surface area contributed by atoms with E-state index < -0.39 is 11.9 Å². The van der Waals surface area contributed by atoms with Crippen molar-refractivity contribution >= 4 is 23.3 Å². The van der Waals surface area contributed by atoms with Gasteiger partial charge in [-0.2, -0.15) is 0 Å². The molecule has 1 aliphatic heterocycles. The molecule has 5 rings (SSSR count). The summed E-state index contributed by atoms with van der Waals surface area (Å²) in [4.78, 5) is 28.2. The van der Waals surface area contributed by atoms with Gasteiger partial charge in [0.05, 0.1) is 23.9 Å². The Morgan fingerprint density at radius 3 is 2.18 bits per heavy atom. The van der Waals surface area contributed by atoms with Gasteiger partial charge >= 0.3 is 5.97 Å². The zero-order chi connectivity index (χ0) is 26.5. The number of carbonyl (C=O) groups excluding carboxylic acids is 2. The molecule has 4 aromatic carbocycles. The first kappa shape index (κ1) is 25.1. The van der Waals surface area contributed by atoms with Crippen LogP contribution >= 0.6 is 0 Å². The highest BCUT2D eigenvalue weighted by molar-refractivity contribution is 6.09. The van der Waals surface area contributed by atoms with Crippen LogP contribution in [0, 0.1) is 0 Å². The van der Waals surface area contributed by atoms with Gasteiger partial charge in [-0.3, -0.25) is 4.79 Å². The zero-order valence-electron chi connectivity index (χ0n) is 21.3. The first-order chi connectivity index (χ1) is 18.5. The maximum atomic E-state index is 13.4. The molecule has 0 radical (unpaired) electrons. The van der Waals surface area contributed by atoms with Crippen molar-refractivity contribution in [3.8, 4) is 16.9 Å². The summed E-state index contributed by atoms with van der Waals surface area (Å²) in [6.45, 7) is 1.84. The van der Waals surface area contributed by atoms with E-state index in [9.17, 15) is 14.7 Å². The monoisotopic (exact) mass is 506 g/mol. The number of hydrogen-bond acceptors (Lipinski definition) is 5. The number of nitrogens with one attached hydrogen (secondary N) is 1. The maximum Gasteiger partial charge on any atom is 0.339 e. The number of methoxy groups -OCH3 is 1. The molecule has 192 valence electrons. The first-order valence-electron chi connectivity index (χ1n) is 12.8. The Kier molecular flexibility index (Phi) is 7.40. The van der Waals surface area contributed by atoms with E-state index in [2.05, 4.69) is 22.3 Å². The second-order valence-electron chi connectivity index (χ2n) is 9.45. The van der Waals surface area contributed by atoms with Gasteiger partial charge in [0, 0.05) is 18.8 Å². The molecule has 6 nitrogen and oxygen atoms in total.